The van der Waals surface area contributed by atoms with Crippen LogP contribution in [0.3, 0.4) is 0 Å². The van der Waals surface area contributed by atoms with Gasteiger partial charge >= 0.3 is 0 Å². The second-order valence-corrected chi connectivity index (χ2v) is 5.84. The van der Waals surface area contributed by atoms with Crippen LogP contribution >= 0.6 is 27.5 Å². The lowest BCUT2D eigenvalue weighted by atomic mass is 9.96. The number of fused-ring (bicyclic) bond motifs is 1. The molecule has 0 fully saturated rings. The Morgan fingerprint density at radius 1 is 1.25 bits per heavy atom. The molecule has 0 aliphatic carbocycles. The molecule has 1 atom stereocenters. The van der Waals surface area contributed by atoms with E-state index in [2.05, 4.69) is 15.9 Å². The second kappa shape index (κ2) is 5.19. The van der Waals surface area contributed by atoms with Crippen molar-refractivity contribution in [1.29, 1.82) is 0 Å². The molecule has 1 aliphatic heterocycles. The van der Waals surface area contributed by atoms with E-state index in [0.717, 1.165) is 0 Å². The summed E-state index contributed by atoms with van der Waals surface area (Å²) < 4.78 is 19.7. The highest BCUT2D eigenvalue weighted by Crippen LogP contribution is 2.36. The van der Waals surface area contributed by atoms with Crippen LogP contribution in [0.2, 0.25) is 5.02 Å². The summed E-state index contributed by atoms with van der Waals surface area (Å²) in [6.45, 7) is 0. The van der Waals surface area contributed by atoms with E-state index in [-0.39, 0.29) is 18.0 Å². The molecule has 0 saturated carbocycles. The van der Waals surface area contributed by atoms with Crippen LogP contribution in [0.5, 0.6) is 5.75 Å². The van der Waals surface area contributed by atoms with E-state index < -0.39 is 6.10 Å². The third-order valence-electron chi connectivity index (χ3n) is 3.20. The van der Waals surface area contributed by atoms with Gasteiger partial charge in [-0.15, -0.1) is 0 Å². The first kappa shape index (κ1) is 13.6. The summed E-state index contributed by atoms with van der Waals surface area (Å²) in [5.41, 5.74) is 1.12. The molecule has 0 bridgehead atoms. The average Bonchev–Trinajstić information content (AvgIpc) is 2.42. The fourth-order valence-corrected chi connectivity index (χ4v) is 2.61. The van der Waals surface area contributed by atoms with Crippen molar-refractivity contribution in [2.75, 3.05) is 0 Å². The number of benzene rings is 2. The zero-order valence-corrected chi connectivity index (χ0v) is 12.5. The number of hydrogen-bond donors (Lipinski definition) is 0. The molecule has 0 N–H and O–H groups in total. The van der Waals surface area contributed by atoms with Crippen LogP contribution in [0.4, 0.5) is 4.39 Å². The topological polar surface area (TPSA) is 26.3 Å². The number of Topliss-reactive ketones (excluding diaryl/α,β-unsaturated/α-hetero) is 1. The zero-order chi connectivity index (χ0) is 14.3. The van der Waals surface area contributed by atoms with E-state index in [1.54, 1.807) is 30.3 Å². The van der Waals surface area contributed by atoms with E-state index >= 15 is 0 Å². The fourth-order valence-electron chi connectivity index (χ4n) is 2.19. The highest BCUT2D eigenvalue weighted by Gasteiger charge is 2.28. The molecule has 5 heteroatoms. The first-order valence-electron chi connectivity index (χ1n) is 5.99. The first-order valence-corrected chi connectivity index (χ1v) is 7.16. The van der Waals surface area contributed by atoms with Gasteiger partial charge in [0.2, 0.25) is 0 Å². The van der Waals surface area contributed by atoms with Crippen molar-refractivity contribution < 1.29 is 13.9 Å². The van der Waals surface area contributed by atoms with Gasteiger partial charge in [0.15, 0.2) is 5.78 Å². The van der Waals surface area contributed by atoms with Gasteiger partial charge in [0.05, 0.1) is 16.5 Å². The lowest BCUT2D eigenvalue weighted by Crippen LogP contribution is -2.20. The minimum absolute atomic E-state index is 0.0536. The molecular formula is C15H9BrClFO2. The lowest BCUT2D eigenvalue weighted by molar-refractivity contribution is 0.0849. The van der Waals surface area contributed by atoms with Crippen molar-refractivity contribution >= 4 is 33.3 Å². The predicted molar refractivity (Wildman–Crippen MR) is 77.9 cm³/mol. The van der Waals surface area contributed by atoms with Crippen molar-refractivity contribution in [3.8, 4) is 5.75 Å². The number of halogens is 3. The molecule has 2 aromatic rings. The molecular weight excluding hydrogens is 347 g/mol. The number of rotatable bonds is 1. The SMILES string of the molecule is O=C1CC(c2ccc(Br)c(F)c2)Oc2ccc(Cl)cc21. The summed E-state index contributed by atoms with van der Waals surface area (Å²) in [6.07, 6.45) is -0.298. The number of ether oxygens (including phenoxy) is 1. The van der Waals surface area contributed by atoms with Gasteiger partial charge < -0.3 is 4.74 Å². The van der Waals surface area contributed by atoms with Crippen LogP contribution in [0.15, 0.2) is 40.9 Å². The minimum Gasteiger partial charge on any atom is -0.484 e. The van der Waals surface area contributed by atoms with Crippen LogP contribution < -0.4 is 4.74 Å². The largest absolute Gasteiger partial charge is 0.484 e. The molecule has 0 radical (unpaired) electrons. The van der Waals surface area contributed by atoms with E-state index in [1.165, 1.54) is 6.07 Å². The van der Waals surface area contributed by atoms with E-state index in [0.29, 0.717) is 26.4 Å². The van der Waals surface area contributed by atoms with Crippen LogP contribution in [0.25, 0.3) is 0 Å². The molecule has 3 rings (SSSR count). The van der Waals surface area contributed by atoms with Crippen molar-refractivity contribution in [2.24, 2.45) is 0 Å². The Kier molecular flexibility index (Phi) is 3.52. The molecule has 102 valence electrons. The summed E-state index contributed by atoms with van der Waals surface area (Å²) in [6, 6.07) is 9.65. The predicted octanol–water partition coefficient (Wildman–Crippen LogP) is 4.95. The Hall–Kier alpha value is -1.39. The van der Waals surface area contributed by atoms with Gasteiger partial charge in [0, 0.05) is 5.02 Å². The third kappa shape index (κ3) is 2.45. The molecule has 2 aromatic carbocycles. The Bertz CT molecular complexity index is 702. The van der Waals surface area contributed by atoms with Crippen molar-refractivity contribution in [3.05, 3.63) is 62.8 Å². The van der Waals surface area contributed by atoms with Gasteiger partial charge in [-0.25, -0.2) is 4.39 Å². The number of ketones is 1. The smallest absolute Gasteiger partial charge is 0.170 e. The van der Waals surface area contributed by atoms with Crippen LogP contribution in [0, 0.1) is 5.82 Å². The highest BCUT2D eigenvalue weighted by atomic mass is 79.9. The summed E-state index contributed by atoms with van der Waals surface area (Å²) in [5, 5.41) is 0.494. The van der Waals surface area contributed by atoms with E-state index in [4.69, 9.17) is 16.3 Å². The zero-order valence-electron chi connectivity index (χ0n) is 10.2. The normalized spacial score (nSPS) is 17.6. The molecule has 1 aliphatic rings. The van der Waals surface area contributed by atoms with Gasteiger partial charge in [0.1, 0.15) is 17.7 Å². The molecule has 0 saturated heterocycles. The summed E-state index contributed by atoms with van der Waals surface area (Å²) in [5.74, 6) is 0.0569. The maximum absolute atomic E-state index is 13.6. The second-order valence-electron chi connectivity index (χ2n) is 4.55. The molecule has 0 spiro atoms. The van der Waals surface area contributed by atoms with Gasteiger partial charge in [-0.1, -0.05) is 17.7 Å². The minimum atomic E-state index is -0.473. The average molecular weight is 356 g/mol. The number of carbonyl (C=O) groups excluding carboxylic acids is 1. The fraction of sp³-hybridized carbons (Fsp3) is 0.133. The molecule has 1 heterocycles. The maximum Gasteiger partial charge on any atom is 0.170 e. The monoisotopic (exact) mass is 354 g/mol. The maximum atomic E-state index is 13.6. The standard InChI is InChI=1S/C15H9BrClFO2/c16-11-3-1-8(5-12(11)18)15-7-13(19)10-6-9(17)2-4-14(10)20-15/h1-6,15H,7H2. The van der Waals surface area contributed by atoms with Crippen LogP contribution in [-0.4, -0.2) is 5.78 Å². The Balaban J connectivity index is 1.97. The summed E-state index contributed by atoms with van der Waals surface area (Å²) in [4.78, 5) is 12.1. The van der Waals surface area contributed by atoms with Gasteiger partial charge in [0.25, 0.3) is 0 Å². The summed E-state index contributed by atoms with van der Waals surface area (Å²) >= 11 is 8.97. The highest BCUT2D eigenvalue weighted by molar-refractivity contribution is 9.10. The molecule has 20 heavy (non-hydrogen) atoms. The molecule has 0 aromatic heterocycles. The van der Waals surface area contributed by atoms with Crippen LogP contribution in [-0.2, 0) is 0 Å². The Morgan fingerprint density at radius 3 is 2.80 bits per heavy atom. The molecule has 2 nitrogen and oxygen atoms in total. The molecule has 1 unspecified atom stereocenters. The number of hydrogen-bond acceptors (Lipinski definition) is 2. The Morgan fingerprint density at radius 2 is 2.05 bits per heavy atom. The third-order valence-corrected chi connectivity index (χ3v) is 4.08. The van der Waals surface area contributed by atoms with Gasteiger partial charge in [-0.2, -0.15) is 0 Å². The first-order chi connectivity index (χ1) is 9.54. The van der Waals surface area contributed by atoms with Gasteiger partial charge in [-0.05, 0) is 51.8 Å². The van der Waals surface area contributed by atoms with Crippen LogP contribution in [0.1, 0.15) is 28.4 Å². The quantitative estimate of drug-likeness (QED) is 0.723. The van der Waals surface area contributed by atoms with E-state index in [9.17, 15) is 9.18 Å². The molecule has 0 amide bonds. The Labute approximate surface area is 128 Å². The van der Waals surface area contributed by atoms with Gasteiger partial charge in [-0.3, -0.25) is 4.79 Å². The van der Waals surface area contributed by atoms with Crippen molar-refractivity contribution in [1.82, 2.24) is 0 Å². The lowest BCUT2D eigenvalue weighted by Gasteiger charge is -2.25. The van der Waals surface area contributed by atoms with E-state index in [1.807, 2.05) is 0 Å². The number of carbonyl (C=O) groups is 1. The van der Waals surface area contributed by atoms with Crippen molar-refractivity contribution in [3.63, 3.8) is 0 Å². The summed E-state index contributed by atoms with van der Waals surface area (Å²) in [7, 11) is 0. The van der Waals surface area contributed by atoms with Crippen molar-refractivity contribution in [2.45, 2.75) is 12.5 Å².